The van der Waals surface area contributed by atoms with Crippen LogP contribution in [0.5, 0.6) is 5.75 Å². The Hall–Kier alpha value is -3.11. The molecule has 10 heteroatoms. The number of hydrogen-bond acceptors (Lipinski definition) is 8. The summed E-state index contributed by atoms with van der Waals surface area (Å²) in [6.07, 6.45) is 0.0763. The highest BCUT2D eigenvalue weighted by Crippen LogP contribution is 2.20. The van der Waals surface area contributed by atoms with Crippen molar-refractivity contribution in [2.24, 2.45) is 0 Å². The number of aryl methyl sites for hydroxylation is 1. The van der Waals surface area contributed by atoms with Gasteiger partial charge in [-0.1, -0.05) is 0 Å². The van der Waals surface area contributed by atoms with Gasteiger partial charge in [-0.3, -0.25) is 23.6 Å². The number of nitrogens with zero attached hydrogens (tertiary/aromatic N) is 4. The molecule has 1 fully saturated rings. The van der Waals surface area contributed by atoms with Crippen molar-refractivity contribution in [3.8, 4) is 5.75 Å². The van der Waals surface area contributed by atoms with E-state index in [2.05, 4.69) is 21.9 Å². The number of hydrogen-bond donors (Lipinski definition) is 0. The van der Waals surface area contributed by atoms with Crippen LogP contribution in [0, 0.1) is 0 Å². The van der Waals surface area contributed by atoms with Crippen molar-refractivity contribution in [3.05, 3.63) is 55.9 Å². The average molecular weight is 473 g/mol. The topological polar surface area (TPSA) is 86.0 Å². The molecule has 0 aliphatic carbocycles. The molecule has 33 heavy (non-hydrogen) atoms. The lowest BCUT2D eigenvalue weighted by molar-refractivity contribution is -0.140. The standard InChI is InChI=1S/C23H28N4O5S/c1-31-18-5-3-17(4-6-18)25-12-9-24(10-13-25)11-14-27-22(29)19-15-33-16-20(19)26(23(27)30)8-7-21(28)32-2/h3-6,15-16H,7-14H2,1-2H3. The zero-order chi connectivity index (χ0) is 23.4. The summed E-state index contributed by atoms with van der Waals surface area (Å²) in [5, 5.41) is 4.04. The molecule has 1 aromatic carbocycles. The van der Waals surface area contributed by atoms with E-state index in [-0.39, 0.29) is 24.2 Å². The second kappa shape index (κ2) is 10.2. The second-order valence-corrected chi connectivity index (χ2v) is 8.66. The van der Waals surface area contributed by atoms with E-state index in [0.717, 1.165) is 37.6 Å². The summed E-state index contributed by atoms with van der Waals surface area (Å²) < 4.78 is 12.7. The van der Waals surface area contributed by atoms with Gasteiger partial charge in [0.25, 0.3) is 5.56 Å². The minimum atomic E-state index is -0.391. The van der Waals surface area contributed by atoms with Crippen LogP contribution in [0.25, 0.3) is 10.9 Å². The summed E-state index contributed by atoms with van der Waals surface area (Å²) in [7, 11) is 2.98. The van der Waals surface area contributed by atoms with E-state index >= 15 is 0 Å². The SMILES string of the molecule is COC(=O)CCn1c(=O)n(CCN2CCN(c3ccc(OC)cc3)CC2)c(=O)c2cscc21. The number of rotatable bonds is 8. The van der Waals surface area contributed by atoms with Crippen LogP contribution in [-0.4, -0.2) is 66.9 Å². The number of fused-ring (bicyclic) bond motifs is 1. The Morgan fingerprint density at radius 3 is 2.33 bits per heavy atom. The van der Waals surface area contributed by atoms with Crippen LogP contribution in [0.2, 0.25) is 0 Å². The zero-order valence-corrected chi connectivity index (χ0v) is 19.7. The summed E-state index contributed by atoms with van der Waals surface area (Å²) in [6, 6.07) is 8.03. The maximum atomic E-state index is 13.1. The molecule has 1 aliphatic rings. The van der Waals surface area contributed by atoms with Crippen LogP contribution in [0.4, 0.5) is 5.69 Å². The number of esters is 1. The highest BCUT2D eigenvalue weighted by atomic mass is 32.1. The molecule has 0 bridgehead atoms. The molecule has 0 spiro atoms. The molecule has 1 saturated heterocycles. The molecule has 0 saturated carbocycles. The number of ether oxygens (including phenoxy) is 2. The average Bonchev–Trinajstić information content (AvgIpc) is 3.34. The molecule has 1 aliphatic heterocycles. The van der Waals surface area contributed by atoms with Crippen LogP contribution in [-0.2, 0) is 22.6 Å². The molecule has 0 unspecified atom stereocenters. The van der Waals surface area contributed by atoms with Crippen molar-refractivity contribution >= 4 is 33.9 Å². The Morgan fingerprint density at radius 1 is 0.939 bits per heavy atom. The first-order valence-corrected chi connectivity index (χ1v) is 11.8. The molecular weight excluding hydrogens is 444 g/mol. The van der Waals surface area contributed by atoms with Gasteiger partial charge in [0.15, 0.2) is 0 Å². The molecule has 3 heterocycles. The number of piperazine rings is 1. The van der Waals surface area contributed by atoms with Gasteiger partial charge in [0.05, 0.1) is 31.5 Å². The monoisotopic (exact) mass is 472 g/mol. The van der Waals surface area contributed by atoms with Gasteiger partial charge in [0, 0.05) is 62.3 Å². The predicted molar refractivity (Wildman–Crippen MR) is 129 cm³/mol. The van der Waals surface area contributed by atoms with E-state index in [1.807, 2.05) is 12.1 Å². The van der Waals surface area contributed by atoms with Crippen molar-refractivity contribution in [2.45, 2.75) is 19.5 Å². The Kier molecular flexibility index (Phi) is 7.14. The first-order valence-electron chi connectivity index (χ1n) is 10.9. The van der Waals surface area contributed by atoms with Gasteiger partial charge < -0.3 is 14.4 Å². The lowest BCUT2D eigenvalue weighted by atomic mass is 10.2. The third-order valence-electron chi connectivity index (χ3n) is 6.09. The quantitative estimate of drug-likeness (QED) is 0.461. The van der Waals surface area contributed by atoms with E-state index in [1.165, 1.54) is 27.6 Å². The van der Waals surface area contributed by atoms with E-state index < -0.39 is 5.97 Å². The van der Waals surface area contributed by atoms with E-state index in [4.69, 9.17) is 9.47 Å². The number of carbonyl (C=O) groups is 1. The molecule has 0 amide bonds. The fourth-order valence-corrected chi connectivity index (χ4v) is 4.93. The van der Waals surface area contributed by atoms with Crippen molar-refractivity contribution in [2.75, 3.05) is 51.8 Å². The van der Waals surface area contributed by atoms with Gasteiger partial charge in [-0.15, -0.1) is 11.3 Å². The third kappa shape index (κ3) is 4.96. The lowest BCUT2D eigenvalue weighted by Crippen LogP contribution is -2.49. The first-order chi connectivity index (χ1) is 16.0. The molecule has 9 nitrogen and oxygen atoms in total. The molecule has 176 valence electrons. The highest BCUT2D eigenvalue weighted by molar-refractivity contribution is 7.09. The summed E-state index contributed by atoms with van der Waals surface area (Å²) in [4.78, 5) is 42.2. The van der Waals surface area contributed by atoms with Gasteiger partial charge in [0.2, 0.25) is 0 Å². The number of anilines is 1. The molecule has 0 atom stereocenters. The number of benzene rings is 1. The summed E-state index contributed by atoms with van der Waals surface area (Å²) >= 11 is 1.37. The van der Waals surface area contributed by atoms with Crippen LogP contribution in [0.15, 0.2) is 44.6 Å². The molecular formula is C23H28N4O5S. The summed E-state index contributed by atoms with van der Waals surface area (Å²) in [5.41, 5.74) is 1.07. The lowest BCUT2D eigenvalue weighted by Gasteiger charge is -2.36. The summed E-state index contributed by atoms with van der Waals surface area (Å²) in [6.45, 7) is 4.53. The fraction of sp³-hybridized carbons (Fsp3) is 0.435. The Bertz CT molecular complexity index is 1220. The normalized spacial score (nSPS) is 14.5. The van der Waals surface area contributed by atoms with Crippen molar-refractivity contribution in [3.63, 3.8) is 0 Å². The summed E-state index contributed by atoms with van der Waals surface area (Å²) in [5.74, 6) is 0.445. The highest BCUT2D eigenvalue weighted by Gasteiger charge is 2.19. The minimum Gasteiger partial charge on any atom is -0.497 e. The van der Waals surface area contributed by atoms with Crippen LogP contribution < -0.4 is 20.9 Å². The van der Waals surface area contributed by atoms with Gasteiger partial charge in [-0.25, -0.2) is 4.79 Å². The Labute approximate surface area is 195 Å². The number of methoxy groups -OCH3 is 2. The van der Waals surface area contributed by atoms with Gasteiger partial charge in [-0.2, -0.15) is 0 Å². The molecule has 0 radical (unpaired) electrons. The van der Waals surface area contributed by atoms with E-state index in [1.54, 1.807) is 17.9 Å². The maximum absolute atomic E-state index is 13.1. The molecule has 0 N–H and O–H groups in total. The zero-order valence-electron chi connectivity index (χ0n) is 18.9. The third-order valence-corrected chi connectivity index (χ3v) is 6.82. The predicted octanol–water partition coefficient (Wildman–Crippen LogP) is 1.62. The number of carbonyl (C=O) groups excluding carboxylic acids is 1. The largest absolute Gasteiger partial charge is 0.497 e. The second-order valence-electron chi connectivity index (χ2n) is 7.91. The Balaban J connectivity index is 1.43. The van der Waals surface area contributed by atoms with E-state index in [9.17, 15) is 14.4 Å². The van der Waals surface area contributed by atoms with Crippen molar-refractivity contribution < 1.29 is 14.3 Å². The van der Waals surface area contributed by atoms with Gasteiger partial charge in [-0.05, 0) is 24.3 Å². The number of aromatic nitrogens is 2. The van der Waals surface area contributed by atoms with E-state index in [0.29, 0.717) is 24.0 Å². The van der Waals surface area contributed by atoms with Gasteiger partial charge in [0.1, 0.15) is 5.75 Å². The maximum Gasteiger partial charge on any atom is 0.331 e. The number of thiophene rings is 1. The van der Waals surface area contributed by atoms with Crippen LogP contribution in [0.3, 0.4) is 0 Å². The fourth-order valence-electron chi connectivity index (χ4n) is 4.12. The molecule has 4 rings (SSSR count). The first kappa shape index (κ1) is 23.1. The van der Waals surface area contributed by atoms with Crippen LogP contribution >= 0.6 is 11.3 Å². The Morgan fingerprint density at radius 2 is 1.67 bits per heavy atom. The molecule has 2 aromatic heterocycles. The van der Waals surface area contributed by atoms with Crippen LogP contribution in [0.1, 0.15) is 6.42 Å². The smallest absolute Gasteiger partial charge is 0.331 e. The van der Waals surface area contributed by atoms with Crippen molar-refractivity contribution in [1.82, 2.24) is 14.0 Å². The minimum absolute atomic E-state index is 0.0763. The molecule has 3 aromatic rings. The van der Waals surface area contributed by atoms with Gasteiger partial charge >= 0.3 is 11.7 Å². The van der Waals surface area contributed by atoms with Crippen molar-refractivity contribution in [1.29, 1.82) is 0 Å².